The molecule has 2 N–H and O–H groups in total. The van der Waals surface area contributed by atoms with Crippen LogP contribution in [0.4, 0.5) is 0 Å². The topological polar surface area (TPSA) is 32.3 Å². The predicted octanol–water partition coefficient (Wildman–Crippen LogP) is 3.41. The van der Waals surface area contributed by atoms with Gasteiger partial charge in [0.15, 0.2) is 0 Å². The second kappa shape index (κ2) is 5.64. The molecule has 1 aliphatic rings. The van der Waals surface area contributed by atoms with Crippen LogP contribution in [0.25, 0.3) is 0 Å². The van der Waals surface area contributed by atoms with Crippen molar-refractivity contribution >= 4 is 0 Å². The van der Waals surface area contributed by atoms with Gasteiger partial charge in [0.2, 0.25) is 0 Å². The zero-order valence-electron chi connectivity index (χ0n) is 12.6. The van der Waals surface area contributed by atoms with Gasteiger partial charge in [-0.1, -0.05) is 52.0 Å². The van der Waals surface area contributed by atoms with E-state index in [2.05, 4.69) is 57.3 Å². The molecule has 1 aromatic rings. The van der Waals surface area contributed by atoms with Crippen LogP contribution in [0, 0.1) is 5.92 Å². The minimum atomic E-state index is 0.180. The summed E-state index contributed by atoms with van der Waals surface area (Å²) in [6, 6.07) is 9.31. The maximum Gasteiger partial charge on any atom is 0.0587 e. The Labute approximate surface area is 117 Å². The van der Waals surface area contributed by atoms with E-state index in [1.807, 2.05) is 0 Å². The fourth-order valence-corrected chi connectivity index (χ4v) is 3.10. The molecule has 2 nitrogen and oxygen atoms in total. The minimum Gasteiger partial charge on any atom is -0.395 e. The first-order valence-electron chi connectivity index (χ1n) is 7.42. The molecule has 19 heavy (non-hydrogen) atoms. The Morgan fingerprint density at radius 2 is 2.00 bits per heavy atom. The number of benzene rings is 1. The molecular formula is C17H27NO. The zero-order chi connectivity index (χ0) is 14.0. The maximum absolute atomic E-state index is 9.52. The van der Waals surface area contributed by atoms with Crippen LogP contribution >= 0.6 is 0 Å². The van der Waals surface area contributed by atoms with Crippen LogP contribution < -0.4 is 5.32 Å². The second-order valence-corrected chi connectivity index (χ2v) is 6.76. The molecule has 0 radical (unpaired) electrons. The molecule has 0 aliphatic heterocycles. The van der Waals surface area contributed by atoms with Crippen molar-refractivity contribution in [3.63, 3.8) is 0 Å². The Balaban J connectivity index is 2.25. The summed E-state index contributed by atoms with van der Waals surface area (Å²) in [7, 11) is 0. The molecule has 0 amide bonds. The van der Waals surface area contributed by atoms with Crippen molar-refractivity contribution in [3.8, 4) is 0 Å². The number of hydrogen-bond acceptors (Lipinski definition) is 2. The van der Waals surface area contributed by atoms with E-state index >= 15 is 0 Å². The van der Waals surface area contributed by atoms with E-state index in [9.17, 15) is 5.11 Å². The molecule has 1 aliphatic carbocycles. The van der Waals surface area contributed by atoms with Crippen LogP contribution in [0.1, 0.15) is 57.7 Å². The van der Waals surface area contributed by atoms with Crippen LogP contribution in [0.15, 0.2) is 24.3 Å². The lowest BCUT2D eigenvalue weighted by Gasteiger charge is -2.39. The van der Waals surface area contributed by atoms with Gasteiger partial charge in [0.1, 0.15) is 0 Å². The zero-order valence-corrected chi connectivity index (χ0v) is 12.6. The molecule has 106 valence electrons. The maximum atomic E-state index is 9.52. The van der Waals surface area contributed by atoms with Crippen molar-refractivity contribution in [1.29, 1.82) is 0 Å². The highest BCUT2D eigenvalue weighted by molar-refractivity contribution is 5.38. The van der Waals surface area contributed by atoms with E-state index in [-0.39, 0.29) is 18.1 Å². The molecule has 0 saturated heterocycles. The van der Waals surface area contributed by atoms with Crippen LogP contribution in [0.5, 0.6) is 0 Å². The SMILES string of the molecule is CC(C)C(CO)NC1CCC(C)(C)c2ccccc21. The minimum absolute atomic E-state index is 0.180. The molecule has 2 heteroatoms. The summed E-state index contributed by atoms with van der Waals surface area (Å²) in [6.07, 6.45) is 2.34. The largest absolute Gasteiger partial charge is 0.395 e. The number of nitrogens with one attached hydrogen (secondary N) is 1. The first kappa shape index (κ1) is 14.5. The summed E-state index contributed by atoms with van der Waals surface area (Å²) in [5.41, 5.74) is 3.14. The Morgan fingerprint density at radius 1 is 1.32 bits per heavy atom. The van der Waals surface area contributed by atoms with Crippen LogP contribution in [-0.4, -0.2) is 17.8 Å². The lowest BCUT2D eigenvalue weighted by atomic mass is 9.71. The van der Waals surface area contributed by atoms with E-state index < -0.39 is 0 Å². The molecule has 0 heterocycles. The summed E-state index contributed by atoms with van der Waals surface area (Å²) < 4.78 is 0. The molecule has 0 bridgehead atoms. The van der Waals surface area contributed by atoms with Gasteiger partial charge in [-0.25, -0.2) is 0 Å². The summed E-state index contributed by atoms with van der Waals surface area (Å²) >= 11 is 0. The molecular weight excluding hydrogens is 234 g/mol. The average molecular weight is 261 g/mol. The molecule has 2 rings (SSSR count). The van der Waals surface area contributed by atoms with Gasteiger partial charge in [-0.15, -0.1) is 0 Å². The van der Waals surface area contributed by atoms with Crippen molar-refractivity contribution in [2.45, 2.75) is 58.0 Å². The van der Waals surface area contributed by atoms with Crippen molar-refractivity contribution in [2.24, 2.45) is 5.92 Å². The highest BCUT2D eigenvalue weighted by Crippen LogP contribution is 2.41. The lowest BCUT2D eigenvalue weighted by molar-refractivity contribution is 0.190. The molecule has 0 spiro atoms. The van der Waals surface area contributed by atoms with E-state index in [0.29, 0.717) is 12.0 Å². The number of aliphatic hydroxyl groups is 1. The van der Waals surface area contributed by atoms with E-state index in [1.165, 1.54) is 17.5 Å². The lowest BCUT2D eigenvalue weighted by Crippen LogP contribution is -2.42. The summed E-state index contributed by atoms with van der Waals surface area (Å²) in [5.74, 6) is 0.451. The molecule has 1 aromatic carbocycles. The number of aliphatic hydroxyl groups excluding tert-OH is 1. The van der Waals surface area contributed by atoms with E-state index in [0.717, 1.165) is 6.42 Å². The third-order valence-corrected chi connectivity index (χ3v) is 4.54. The van der Waals surface area contributed by atoms with Crippen molar-refractivity contribution in [3.05, 3.63) is 35.4 Å². The van der Waals surface area contributed by atoms with E-state index in [4.69, 9.17) is 0 Å². The fraction of sp³-hybridized carbons (Fsp3) is 0.647. The Hall–Kier alpha value is -0.860. The van der Waals surface area contributed by atoms with Crippen LogP contribution in [-0.2, 0) is 5.41 Å². The fourth-order valence-electron chi connectivity index (χ4n) is 3.10. The standard InChI is InChI=1S/C17H27NO/c1-12(2)16(11-19)18-15-9-10-17(3,4)14-8-6-5-7-13(14)15/h5-8,12,15-16,18-19H,9-11H2,1-4H3. The van der Waals surface area contributed by atoms with Crippen LogP contribution in [0.3, 0.4) is 0 Å². The highest BCUT2D eigenvalue weighted by atomic mass is 16.3. The van der Waals surface area contributed by atoms with Gasteiger partial charge in [-0.2, -0.15) is 0 Å². The average Bonchev–Trinajstić information content (AvgIpc) is 2.38. The van der Waals surface area contributed by atoms with Crippen molar-refractivity contribution in [1.82, 2.24) is 5.32 Å². The van der Waals surface area contributed by atoms with Gasteiger partial charge in [0.25, 0.3) is 0 Å². The Bertz CT molecular complexity index is 425. The molecule has 2 atom stereocenters. The monoisotopic (exact) mass is 261 g/mol. The first-order valence-corrected chi connectivity index (χ1v) is 7.42. The van der Waals surface area contributed by atoms with Crippen molar-refractivity contribution in [2.75, 3.05) is 6.61 Å². The number of hydrogen-bond donors (Lipinski definition) is 2. The predicted molar refractivity (Wildman–Crippen MR) is 80.3 cm³/mol. The Kier molecular flexibility index (Phi) is 4.32. The second-order valence-electron chi connectivity index (χ2n) is 6.76. The Morgan fingerprint density at radius 3 is 2.63 bits per heavy atom. The number of fused-ring (bicyclic) bond motifs is 1. The van der Waals surface area contributed by atoms with Gasteiger partial charge in [-0.05, 0) is 35.3 Å². The summed E-state index contributed by atoms with van der Waals surface area (Å²) in [5, 5.41) is 13.2. The molecule has 0 fully saturated rings. The smallest absolute Gasteiger partial charge is 0.0587 e. The quantitative estimate of drug-likeness (QED) is 0.870. The third-order valence-electron chi connectivity index (χ3n) is 4.54. The molecule has 0 saturated carbocycles. The first-order chi connectivity index (χ1) is 8.95. The summed E-state index contributed by atoms with van der Waals surface area (Å²) in [4.78, 5) is 0. The van der Waals surface area contributed by atoms with Gasteiger partial charge < -0.3 is 10.4 Å². The third kappa shape index (κ3) is 3.01. The van der Waals surface area contributed by atoms with Crippen molar-refractivity contribution < 1.29 is 5.11 Å². The molecule has 0 aromatic heterocycles. The highest BCUT2D eigenvalue weighted by Gasteiger charge is 2.33. The summed E-state index contributed by atoms with van der Waals surface area (Å²) in [6.45, 7) is 9.18. The van der Waals surface area contributed by atoms with Gasteiger partial charge in [-0.3, -0.25) is 0 Å². The van der Waals surface area contributed by atoms with Gasteiger partial charge in [0.05, 0.1) is 6.61 Å². The number of rotatable bonds is 4. The molecule has 2 unspecified atom stereocenters. The van der Waals surface area contributed by atoms with Gasteiger partial charge in [0, 0.05) is 12.1 Å². The van der Waals surface area contributed by atoms with Crippen LogP contribution in [0.2, 0.25) is 0 Å². The normalized spacial score (nSPS) is 23.2. The van der Waals surface area contributed by atoms with E-state index in [1.54, 1.807) is 0 Å². The van der Waals surface area contributed by atoms with Gasteiger partial charge >= 0.3 is 0 Å².